The minimum atomic E-state index is -0.0104. The van der Waals surface area contributed by atoms with Crippen LogP contribution >= 0.6 is 0 Å². The third-order valence-electron chi connectivity index (χ3n) is 4.83. The van der Waals surface area contributed by atoms with E-state index in [0.29, 0.717) is 23.7 Å². The highest BCUT2D eigenvalue weighted by atomic mass is 16.5. The molecule has 0 saturated heterocycles. The van der Waals surface area contributed by atoms with Crippen LogP contribution in [-0.2, 0) is 11.4 Å². The van der Waals surface area contributed by atoms with Crippen molar-refractivity contribution >= 4 is 23.2 Å². The van der Waals surface area contributed by atoms with Crippen LogP contribution in [0.2, 0.25) is 0 Å². The van der Waals surface area contributed by atoms with E-state index in [0.717, 1.165) is 22.4 Å². The third-order valence-corrected chi connectivity index (χ3v) is 4.83. The Morgan fingerprint density at radius 2 is 1.68 bits per heavy atom. The van der Waals surface area contributed by atoms with Crippen LogP contribution < -0.4 is 14.4 Å². The number of rotatable bonds is 5. The monoisotopic (exact) mass is 371 g/mol. The van der Waals surface area contributed by atoms with E-state index < -0.39 is 0 Å². The molecule has 0 spiro atoms. The Morgan fingerprint density at radius 3 is 2.46 bits per heavy atom. The van der Waals surface area contributed by atoms with Crippen molar-refractivity contribution in [2.45, 2.75) is 6.61 Å². The molecule has 0 aromatic heterocycles. The number of nitrogens with zero attached hydrogens (tertiary/aromatic N) is 1. The van der Waals surface area contributed by atoms with E-state index in [1.54, 1.807) is 19.1 Å². The van der Waals surface area contributed by atoms with Crippen LogP contribution in [0.3, 0.4) is 0 Å². The summed E-state index contributed by atoms with van der Waals surface area (Å²) in [6, 6.07) is 23.5. The number of hydrogen-bond acceptors (Lipinski definition) is 3. The standard InChI is InChI=1S/C24H21NO3/c1-25-21-11-7-6-10-19(21)20(24(25)26)14-18-12-13-22(27-2)23(15-18)28-16-17-8-4-3-5-9-17/h3-15H,16H2,1-2H3/b20-14-. The van der Waals surface area contributed by atoms with E-state index >= 15 is 0 Å². The molecule has 0 saturated carbocycles. The summed E-state index contributed by atoms with van der Waals surface area (Å²) >= 11 is 0. The van der Waals surface area contributed by atoms with Crippen LogP contribution in [0.1, 0.15) is 16.7 Å². The van der Waals surface area contributed by atoms with Crippen LogP contribution in [0, 0.1) is 0 Å². The summed E-state index contributed by atoms with van der Waals surface area (Å²) in [5.41, 5.74) is 4.51. The zero-order chi connectivity index (χ0) is 19.5. The number of carbonyl (C=O) groups excluding carboxylic acids is 1. The van der Waals surface area contributed by atoms with Gasteiger partial charge in [-0.15, -0.1) is 0 Å². The van der Waals surface area contributed by atoms with Crippen molar-refractivity contribution < 1.29 is 14.3 Å². The van der Waals surface area contributed by atoms with Crippen molar-refractivity contribution in [3.05, 3.63) is 89.5 Å². The lowest BCUT2D eigenvalue weighted by atomic mass is 10.0. The maximum Gasteiger partial charge on any atom is 0.258 e. The number of hydrogen-bond donors (Lipinski definition) is 0. The lowest BCUT2D eigenvalue weighted by Crippen LogP contribution is -2.20. The number of para-hydroxylation sites is 1. The molecule has 1 aliphatic heterocycles. The van der Waals surface area contributed by atoms with E-state index in [2.05, 4.69) is 0 Å². The molecule has 140 valence electrons. The second-order valence-electron chi connectivity index (χ2n) is 6.62. The lowest BCUT2D eigenvalue weighted by Gasteiger charge is -2.12. The number of anilines is 1. The number of methoxy groups -OCH3 is 1. The van der Waals surface area contributed by atoms with Crippen molar-refractivity contribution in [2.75, 3.05) is 19.1 Å². The van der Waals surface area contributed by atoms with Crippen molar-refractivity contribution in [1.29, 1.82) is 0 Å². The summed E-state index contributed by atoms with van der Waals surface area (Å²) in [4.78, 5) is 14.4. The van der Waals surface area contributed by atoms with Gasteiger partial charge < -0.3 is 14.4 Å². The van der Waals surface area contributed by atoms with Gasteiger partial charge in [-0.05, 0) is 35.4 Å². The molecule has 1 aliphatic rings. The van der Waals surface area contributed by atoms with Crippen LogP contribution in [-0.4, -0.2) is 20.1 Å². The van der Waals surface area contributed by atoms with Crippen molar-refractivity contribution in [3.63, 3.8) is 0 Å². The Bertz CT molecular complexity index is 1040. The zero-order valence-electron chi connectivity index (χ0n) is 15.9. The Morgan fingerprint density at radius 1 is 0.929 bits per heavy atom. The van der Waals surface area contributed by atoms with Gasteiger partial charge in [0.25, 0.3) is 5.91 Å². The summed E-state index contributed by atoms with van der Waals surface area (Å²) in [7, 11) is 3.42. The second kappa shape index (κ2) is 7.61. The molecule has 1 heterocycles. The minimum Gasteiger partial charge on any atom is -0.493 e. The smallest absolute Gasteiger partial charge is 0.258 e. The first-order valence-corrected chi connectivity index (χ1v) is 9.11. The van der Waals surface area contributed by atoms with E-state index in [-0.39, 0.29) is 5.91 Å². The number of benzene rings is 3. The summed E-state index contributed by atoms with van der Waals surface area (Å²) in [6.45, 7) is 0.446. The number of likely N-dealkylation sites (N-methyl/N-ethyl adjacent to an activating group) is 1. The quantitative estimate of drug-likeness (QED) is 0.605. The highest BCUT2D eigenvalue weighted by molar-refractivity contribution is 6.35. The van der Waals surface area contributed by atoms with Gasteiger partial charge >= 0.3 is 0 Å². The first-order chi connectivity index (χ1) is 13.7. The fraction of sp³-hybridized carbons (Fsp3) is 0.125. The molecule has 0 radical (unpaired) electrons. The molecule has 4 rings (SSSR count). The van der Waals surface area contributed by atoms with Gasteiger partial charge in [-0.3, -0.25) is 4.79 Å². The highest BCUT2D eigenvalue weighted by Crippen LogP contribution is 2.37. The normalized spacial score (nSPS) is 14.3. The average Bonchev–Trinajstić information content (AvgIpc) is 2.98. The molecular weight excluding hydrogens is 350 g/mol. The SMILES string of the molecule is COc1ccc(/C=C2\C(=O)N(C)c3ccccc32)cc1OCc1ccccc1. The van der Waals surface area contributed by atoms with Gasteiger partial charge in [0.2, 0.25) is 0 Å². The first kappa shape index (κ1) is 17.9. The molecular formula is C24H21NO3. The predicted octanol–water partition coefficient (Wildman–Crippen LogP) is 4.79. The molecule has 0 N–H and O–H groups in total. The fourth-order valence-electron chi connectivity index (χ4n) is 3.34. The van der Waals surface area contributed by atoms with Gasteiger partial charge in [0, 0.05) is 18.2 Å². The molecule has 0 bridgehead atoms. The largest absolute Gasteiger partial charge is 0.493 e. The average molecular weight is 371 g/mol. The van der Waals surface area contributed by atoms with Crippen molar-refractivity contribution in [3.8, 4) is 11.5 Å². The van der Waals surface area contributed by atoms with Crippen LogP contribution in [0.15, 0.2) is 72.8 Å². The Hall–Kier alpha value is -3.53. The molecule has 0 unspecified atom stereocenters. The molecule has 0 fully saturated rings. The van der Waals surface area contributed by atoms with Gasteiger partial charge in [-0.25, -0.2) is 0 Å². The van der Waals surface area contributed by atoms with Crippen molar-refractivity contribution in [2.24, 2.45) is 0 Å². The molecule has 3 aromatic rings. The molecule has 0 aliphatic carbocycles. The highest BCUT2D eigenvalue weighted by Gasteiger charge is 2.29. The van der Waals surface area contributed by atoms with Gasteiger partial charge in [0.15, 0.2) is 11.5 Å². The molecule has 3 aromatic carbocycles. The lowest BCUT2D eigenvalue weighted by molar-refractivity contribution is -0.112. The van der Waals surface area contributed by atoms with Crippen LogP contribution in [0.5, 0.6) is 11.5 Å². The zero-order valence-corrected chi connectivity index (χ0v) is 15.9. The van der Waals surface area contributed by atoms with Crippen LogP contribution in [0.25, 0.3) is 11.6 Å². The maximum atomic E-state index is 12.7. The Balaban J connectivity index is 1.66. The number of ether oxygens (including phenoxy) is 2. The van der Waals surface area contributed by atoms with Gasteiger partial charge in [-0.1, -0.05) is 54.6 Å². The summed E-state index contributed by atoms with van der Waals surface area (Å²) < 4.78 is 11.4. The van der Waals surface area contributed by atoms with E-state index in [9.17, 15) is 4.79 Å². The third kappa shape index (κ3) is 3.37. The second-order valence-corrected chi connectivity index (χ2v) is 6.62. The molecule has 1 amide bonds. The summed E-state index contributed by atoms with van der Waals surface area (Å²) in [6.07, 6.45) is 1.90. The van der Waals surface area contributed by atoms with Gasteiger partial charge in [-0.2, -0.15) is 0 Å². The topological polar surface area (TPSA) is 38.8 Å². The van der Waals surface area contributed by atoms with Crippen molar-refractivity contribution in [1.82, 2.24) is 0 Å². The fourth-order valence-corrected chi connectivity index (χ4v) is 3.34. The number of fused-ring (bicyclic) bond motifs is 1. The van der Waals surface area contributed by atoms with Gasteiger partial charge in [0.05, 0.1) is 12.8 Å². The molecule has 0 atom stereocenters. The Labute approximate surface area is 164 Å². The number of carbonyl (C=O) groups is 1. The predicted molar refractivity (Wildman–Crippen MR) is 111 cm³/mol. The van der Waals surface area contributed by atoms with E-state index in [4.69, 9.17) is 9.47 Å². The molecule has 28 heavy (non-hydrogen) atoms. The first-order valence-electron chi connectivity index (χ1n) is 9.11. The van der Waals surface area contributed by atoms with E-state index in [1.165, 1.54) is 0 Å². The molecule has 4 nitrogen and oxygen atoms in total. The van der Waals surface area contributed by atoms with E-state index in [1.807, 2.05) is 78.9 Å². The maximum absolute atomic E-state index is 12.7. The van der Waals surface area contributed by atoms with Crippen LogP contribution in [0.4, 0.5) is 5.69 Å². The van der Waals surface area contributed by atoms with Gasteiger partial charge in [0.1, 0.15) is 6.61 Å². The minimum absolute atomic E-state index is 0.0104. The summed E-state index contributed by atoms with van der Waals surface area (Å²) in [5, 5.41) is 0. The number of amides is 1. The summed E-state index contributed by atoms with van der Waals surface area (Å²) in [5.74, 6) is 1.30. The molecule has 4 heteroatoms. The Kier molecular flexibility index (Phi) is 4.85.